The Morgan fingerprint density at radius 2 is 2.21 bits per heavy atom. The number of carbonyl (C=O) groups is 2. The number of aliphatic carboxylic acids is 1. The van der Waals surface area contributed by atoms with Gasteiger partial charge in [-0.3, -0.25) is 4.79 Å². The van der Waals surface area contributed by atoms with Crippen molar-refractivity contribution in [2.75, 3.05) is 19.7 Å². The molecule has 2 N–H and O–H groups in total. The highest BCUT2D eigenvalue weighted by Gasteiger charge is 2.42. The van der Waals surface area contributed by atoms with Gasteiger partial charge in [0.2, 0.25) is 0 Å². The molecule has 0 bridgehead atoms. The fourth-order valence-corrected chi connectivity index (χ4v) is 2.68. The number of amides is 2. The zero-order valence-corrected chi connectivity index (χ0v) is 14.4. The van der Waals surface area contributed by atoms with E-state index in [4.69, 9.17) is 4.74 Å². The summed E-state index contributed by atoms with van der Waals surface area (Å²) in [4.78, 5) is 25.0. The SMILES string of the molecule is CCCCOc1cccc(CNC(=O)N2CCC(C)(C(=O)O)C2)c1. The van der Waals surface area contributed by atoms with Crippen molar-refractivity contribution >= 4 is 12.0 Å². The van der Waals surface area contributed by atoms with Gasteiger partial charge < -0.3 is 20.1 Å². The van der Waals surface area contributed by atoms with Crippen LogP contribution < -0.4 is 10.1 Å². The Bertz CT molecular complexity index is 590. The number of hydrogen-bond acceptors (Lipinski definition) is 3. The quantitative estimate of drug-likeness (QED) is 0.752. The lowest BCUT2D eigenvalue weighted by Gasteiger charge is -2.20. The maximum absolute atomic E-state index is 12.2. The largest absolute Gasteiger partial charge is 0.494 e. The lowest BCUT2D eigenvalue weighted by Crippen LogP contribution is -2.40. The van der Waals surface area contributed by atoms with E-state index in [9.17, 15) is 14.7 Å². The Labute approximate surface area is 142 Å². The molecule has 0 radical (unpaired) electrons. The van der Waals surface area contributed by atoms with Crippen LogP contribution in [0.1, 0.15) is 38.7 Å². The summed E-state index contributed by atoms with van der Waals surface area (Å²) in [7, 11) is 0. The number of unbranched alkanes of at least 4 members (excludes halogenated alkanes) is 1. The van der Waals surface area contributed by atoms with Crippen LogP contribution in [0.3, 0.4) is 0 Å². The molecule has 2 rings (SSSR count). The van der Waals surface area contributed by atoms with Gasteiger partial charge in [0.1, 0.15) is 5.75 Å². The van der Waals surface area contributed by atoms with Crippen molar-refractivity contribution in [1.29, 1.82) is 0 Å². The van der Waals surface area contributed by atoms with Crippen LogP contribution in [0.25, 0.3) is 0 Å². The molecule has 132 valence electrons. The Hall–Kier alpha value is -2.24. The molecule has 24 heavy (non-hydrogen) atoms. The fraction of sp³-hybridized carbons (Fsp3) is 0.556. The number of likely N-dealkylation sites (tertiary alicyclic amines) is 1. The molecule has 2 amide bonds. The summed E-state index contributed by atoms with van der Waals surface area (Å²) in [6.45, 7) is 5.59. The highest BCUT2D eigenvalue weighted by atomic mass is 16.5. The molecule has 1 aliphatic rings. The van der Waals surface area contributed by atoms with Crippen LogP contribution in [-0.2, 0) is 11.3 Å². The minimum Gasteiger partial charge on any atom is -0.494 e. The standard InChI is InChI=1S/C18H26N2O4/c1-3-4-10-24-15-7-5-6-14(11-15)12-19-17(23)20-9-8-18(2,13-20)16(21)22/h5-7,11H,3-4,8-10,12-13H2,1-2H3,(H,19,23)(H,21,22). The number of ether oxygens (including phenoxy) is 1. The van der Waals surface area contributed by atoms with Crippen LogP contribution in [-0.4, -0.2) is 41.7 Å². The summed E-state index contributed by atoms with van der Waals surface area (Å²) in [6.07, 6.45) is 2.58. The first kappa shape index (κ1) is 18.1. The number of carboxylic acid groups (broad SMARTS) is 1. The maximum atomic E-state index is 12.2. The third-order valence-electron chi connectivity index (χ3n) is 4.39. The lowest BCUT2D eigenvalue weighted by atomic mass is 9.90. The van der Waals surface area contributed by atoms with Crippen LogP contribution in [0.4, 0.5) is 4.79 Å². The Morgan fingerprint density at radius 3 is 2.88 bits per heavy atom. The van der Waals surface area contributed by atoms with Crippen LogP contribution >= 0.6 is 0 Å². The van der Waals surface area contributed by atoms with Gasteiger partial charge in [-0.2, -0.15) is 0 Å². The van der Waals surface area contributed by atoms with E-state index < -0.39 is 11.4 Å². The molecule has 1 aromatic rings. The number of carboxylic acids is 1. The molecule has 1 heterocycles. The van der Waals surface area contributed by atoms with Crippen molar-refractivity contribution in [2.45, 2.75) is 39.7 Å². The van der Waals surface area contributed by atoms with E-state index in [-0.39, 0.29) is 12.6 Å². The molecule has 6 heteroatoms. The molecule has 1 atom stereocenters. The molecule has 6 nitrogen and oxygen atoms in total. The monoisotopic (exact) mass is 334 g/mol. The van der Waals surface area contributed by atoms with Gasteiger partial charge in [0.05, 0.1) is 12.0 Å². The summed E-state index contributed by atoms with van der Waals surface area (Å²) in [5.74, 6) is -0.0513. The van der Waals surface area contributed by atoms with Gasteiger partial charge in [-0.05, 0) is 37.5 Å². The molecule has 0 aliphatic carbocycles. The zero-order valence-electron chi connectivity index (χ0n) is 14.4. The third-order valence-corrected chi connectivity index (χ3v) is 4.39. The lowest BCUT2D eigenvalue weighted by molar-refractivity contribution is -0.147. The number of nitrogens with zero attached hydrogens (tertiary/aromatic N) is 1. The van der Waals surface area contributed by atoms with Gasteiger partial charge in [0, 0.05) is 19.6 Å². The highest BCUT2D eigenvalue weighted by Crippen LogP contribution is 2.30. The number of nitrogens with one attached hydrogen (secondary N) is 1. The van der Waals surface area contributed by atoms with E-state index in [0.717, 1.165) is 24.2 Å². The summed E-state index contributed by atoms with van der Waals surface area (Å²) >= 11 is 0. The first-order valence-corrected chi connectivity index (χ1v) is 8.42. The Kier molecular flexibility index (Phi) is 6.06. The van der Waals surface area contributed by atoms with E-state index >= 15 is 0 Å². The van der Waals surface area contributed by atoms with Crippen molar-refractivity contribution in [3.05, 3.63) is 29.8 Å². The Balaban J connectivity index is 1.84. The molecule has 0 aromatic heterocycles. The van der Waals surface area contributed by atoms with Crippen LogP contribution in [0.2, 0.25) is 0 Å². The Morgan fingerprint density at radius 1 is 1.42 bits per heavy atom. The number of urea groups is 1. The molecule has 1 fully saturated rings. The average molecular weight is 334 g/mol. The predicted octanol–water partition coefficient (Wildman–Crippen LogP) is 2.87. The minimum atomic E-state index is -0.852. The molecular formula is C18H26N2O4. The molecule has 1 unspecified atom stereocenters. The second-order valence-electron chi connectivity index (χ2n) is 6.55. The summed E-state index contributed by atoms with van der Waals surface area (Å²) in [5.41, 5.74) is 0.113. The average Bonchev–Trinajstić information content (AvgIpc) is 2.97. The number of benzene rings is 1. The number of hydrogen-bond donors (Lipinski definition) is 2. The highest BCUT2D eigenvalue weighted by molar-refractivity contribution is 5.79. The van der Waals surface area contributed by atoms with Crippen LogP contribution in [0.5, 0.6) is 5.75 Å². The zero-order chi connectivity index (χ0) is 17.6. The van der Waals surface area contributed by atoms with E-state index in [1.165, 1.54) is 0 Å². The minimum absolute atomic E-state index is 0.225. The van der Waals surface area contributed by atoms with Crippen molar-refractivity contribution < 1.29 is 19.4 Å². The smallest absolute Gasteiger partial charge is 0.317 e. The van der Waals surface area contributed by atoms with Crippen LogP contribution in [0, 0.1) is 5.41 Å². The topological polar surface area (TPSA) is 78.9 Å². The normalized spacial score (nSPS) is 20.0. The number of rotatable bonds is 7. The first-order chi connectivity index (χ1) is 11.4. The maximum Gasteiger partial charge on any atom is 0.317 e. The van der Waals surface area contributed by atoms with Crippen molar-refractivity contribution in [2.24, 2.45) is 5.41 Å². The van der Waals surface area contributed by atoms with Crippen molar-refractivity contribution in [3.63, 3.8) is 0 Å². The van der Waals surface area contributed by atoms with Gasteiger partial charge in [-0.25, -0.2) is 4.79 Å². The number of carbonyl (C=O) groups excluding carboxylic acids is 1. The molecule has 1 aromatic carbocycles. The summed E-state index contributed by atoms with van der Waals surface area (Å²) < 4.78 is 5.66. The molecular weight excluding hydrogens is 308 g/mol. The van der Waals surface area contributed by atoms with Crippen molar-refractivity contribution in [1.82, 2.24) is 10.2 Å². The van der Waals surface area contributed by atoms with E-state index in [1.807, 2.05) is 24.3 Å². The van der Waals surface area contributed by atoms with Crippen molar-refractivity contribution in [3.8, 4) is 5.75 Å². The fourth-order valence-electron chi connectivity index (χ4n) is 2.68. The third kappa shape index (κ3) is 4.63. The molecule has 0 spiro atoms. The van der Waals surface area contributed by atoms with Gasteiger partial charge in [-0.15, -0.1) is 0 Å². The molecule has 1 saturated heterocycles. The van der Waals surface area contributed by atoms with E-state index in [1.54, 1.807) is 11.8 Å². The second kappa shape index (κ2) is 8.04. The van der Waals surface area contributed by atoms with Gasteiger partial charge in [0.25, 0.3) is 0 Å². The first-order valence-electron chi connectivity index (χ1n) is 8.42. The van der Waals surface area contributed by atoms with E-state index in [2.05, 4.69) is 12.2 Å². The van der Waals surface area contributed by atoms with Gasteiger partial charge in [-0.1, -0.05) is 25.5 Å². The summed E-state index contributed by atoms with van der Waals surface area (Å²) in [6, 6.07) is 7.43. The molecule has 0 saturated carbocycles. The molecule has 1 aliphatic heterocycles. The predicted molar refractivity (Wildman–Crippen MR) is 91.0 cm³/mol. The summed E-state index contributed by atoms with van der Waals surface area (Å²) in [5, 5.41) is 12.1. The van der Waals surface area contributed by atoms with E-state index in [0.29, 0.717) is 26.1 Å². The van der Waals surface area contributed by atoms with Gasteiger partial charge in [0.15, 0.2) is 0 Å². The van der Waals surface area contributed by atoms with Gasteiger partial charge >= 0.3 is 12.0 Å². The second-order valence-corrected chi connectivity index (χ2v) is 6.55. The van der Waals surface area contributed by atoms with Crippen LogP contribution in [0.15, 0.2) is 24.3 Å².